The predicted molar refractivity (Wildman–Crippen MR) is 68.1 cm³/mol. The van der Waals surface area contributed by atoms with Crippen LogP contribution in [0.1, 0.15) is 6.92 Å². The Bertz CT molecular complexity index is 332. The Kier molecular flexibility index (Phi) is 3.62. The topological polar surface area (TPSA) is 31.4 Å². The normalized spacial score (nSPS) is 17.5. The Hall–Kier alpha value is -1.29. The molecule has 0 spiro atoms. The lowest BCUT2D eigenvalue weighted by Gasteiger charge is -2.34. The highest BCUT2D eigenvalue weighted by Crippen LogP contribution is 2.15. The molecule has 88 valence electrons. The largest absolute Gasteiger partial charge is 0.373 e. The summed E-state index contributed by atoms with van der Waals surface area (Å²) >= 11 is 0. The molecule has 1 aliphatic rings. The minimum absolute atomic E-state index is 0.940. The molecule has 1 aromatic rings. The van der Waals surface area contributed by atoms with Crippen molar-refractivity contribution in [2.45, 2.75) is 6.92 Å². The Morgan fingerprint density at radius 2 is 2.00 bits per heavy atom. The summed E-state index contributed by atoms with van der Waals surface area (Å²) in [5.74, 6) is 2.03. The summed E-state index contributed by atoms with van der Waals surface area (Å²) in [4.78, 5) is 9.39. The van der Waals surface area contributed by atoms with E-state index in [0.717, 1.165) is 44.4 Å². The first-order valence-corrected chi connectivity index (χ1v) is 5.95. The SMILES string of the molecule is CCN1CCN(c2cccc(NC)n2)CC1. The fraction of sp³-hybridized carbons (Fsp3) is 0.583. The first-order valence-electron chi connectivity index (χ1n) is 5.95. The molecule has 2 heterocycles. The fourth-order valence-electron chi connectivity index (χ4n) is 2.03. The number of nitrogens with one attached hydrogen (secondary N) is 1. The molecule has 0 amide bonds. The van der Waals surface area contributed by atoms with Crippen molar-refractivity contribution in [3.05, 3.63) is 18.2 Å². The molecule has 1 saturated heterocycles. The van der Waals surface area contributed by atoms with Crippen LogP contribution in [0.15, 0.2) is 18.2 Å². The quantitative estimate of drug-likeness (QED) is 0.831. The number of pyridine rings is 1. The highest BCUT2D eigenvalue weighted by Gasteiger charge is 2.16. The monoisotopic (exact) mass is 220 g/mol. The maximum Gasteiger partial charge on any atom is 0.131 e. The van der Waals surface area contributed by atoms with E-state index in [1.807, 2.05) is 13.1 Å². The molecule has 0 aromatic carbocycles. The second-order valence-electron chi connectivity index (χ2n) is 4.05. The summed E-state index contributed by atoms with van der Waals surface area (Å²) in [6, 6.07) is 6.13. The molecule has 0 atom stereocenters. The molecular weight excluding hydrogens is 200 g/mol. The van der Waals surface area contributed by atoms with E-state index in [2.05, 4.69) is 39.2 Å². The number of likely N-dealkylation sites (N-methyl/N-ethyl adjacent to an activating group) is 1. The number of aromatic nitrogens is 1. The minimum atomic E-state index is 0.940. The molecule has 0 bridgehead atoms. The molecule has 1 N–H and O–H groups in total. The van der Waals surface area contributed by atoms with E-state index in [0.29, 0.717) is 0 Å². The summed E-state index contributed by atoms with van der Waals surface area (Å²) in [6.07, 6.45) is 0. The van der Waals surface area contributed by atoms with E-state index >= 15 is 0 Å². The van der Waals surface area contributed by atoms with Crippen LogP contribution in [0.5, 0.6) is 0 Å². The van der Waals surface area contributed by atoms with E-state index in [4.69, 9.17) is 0 Å². The molecule has 0 aliphatic carbocycles. The minimum Gasteiger partial charge on any atom is -0.373 e. The second kappa shape index (κ2) is 5.16. The Morgan fingerprint density at radius 1 is 1.25 bits per heavy atom. The second-order valence-corrected chi connectivity index (χ2v) is 4.05. The van der Waals surface area contributed by atoms with Crippen LogP contribution < -0.4 is 10.2 Å². The van der Waals surface area contributed by atoms with Crippen LogP contribution in [0.3, 0.4) is 0 Å². The summed E-state index contributed by atoms with van der Waals surface area (Å²) < 4.78 is 0. The zero-order chi connectivity index (χ0) is 11.4. The van der Waals surface area contributed by atoms with Gasteiger partial charge in [0.15, 0.2) is 0 Å². The van der Waals surface area contributed by atoms with Gasteiger partial charge in [-0.05, 0) is 18.7 Å². The van der Waals surface area contributed by atoms with Crippen LogP contribution in [0.4, 0.5) is 11.6 Å². The van der Waals surface area contributed by atoms with Gasteiger partial charge in [-0.3, -0.25) is 0 Å². The van der Waals surface area contributed by atoms with Crippen molar-refractivity contribution in [3.63, 3.8) is 0 Å². The van der Waals surface area contributed by atoms with Crippen LogP contribution in [-0.2, 0) is 0 Å². The molecule has 1 fully saturated rings. The lowest BCUT2D eigenvalue weighted by atomic mass is 10.3. The lowest BCUT2D eigenvalue weighted by molar-refractivity contribution is 0.270. The summed E-state index contributed by atoms with van der Waals surface area (Å²) in [7, 11) is 1.90. The highest BCUT2D eigenvalue weighted by molar-refractivity contribution is 5.47. The third kappa shape index (κ3) is 2.44. The van der Waals surface area contributed by atoms with Gasteiger partial charge in [0.05, 0.1) is 0 Å². The predicted octanol–water partition coefficient (Wildman–Crippen LogP) is 1.27. The molecule has 0 unspecified atom stereocenters. The summed E-state index contributed by atoms with van der Waals surface area (Å²) in [5.41, 5.74) is 0. The Morgan fingerprint density at radius 3 is 2.62 bits per heavy atom. The van der Waals surface area contributed by atoms with Crippen molar-refractivity contribution in [2.24, 2.45) is 0 Å². The van der Waals surface area contributed by atoms with Gasteiger partial charge in [0, 0.05) is 33.2 Å². The van der Waals surface area contributed by atoms with Crippen LogP contribution in [0.25, 0.3) is 0 Å². The number of nitrogens with zero attached hydrogens (tertiary/aromatic N) is 3. The smallest absolute Gasteiger partial charge is 0.131 e. The van der Waals surface area contributed by atoms with Crippen molar-refractivity contribution in [2.75, 3.05) is 50.0 Å². The number of hydrogen-bond donors (Lipinski definition) is 1. The standard InChI is InChI=1S/C12H20N4/c1-3-15-7-9-16(10-8-15)12-6-4-5-11(13-2)14-12/h4-6H,3,7-10H2,1-2H3,(H,13,14). The number of piperazine rings is 1. The van der Waals surface area contributed by atoms with Gasteiger partial charge in [-0.1, -0.05) is 13.0 Å². The van der Waals surface area contributed by atoms with E-state index in [9.17, 15) is 0 Å². The van der Waals surface area contributed by atoms with Crippen molar-refractivity contribution in [1.29, 1.82) is 0 Å². The van der Waals surface area contributed by atoms with E-state index in [1.165, 1.54) is 0 Å². The molecule has 16 heavy (non-hydrogen) atoms. The van der Waals surface area contributed by atoms with Gasteiger partial charge in [0.2, 0.25) is 0 Å². The van der Waals surface area contributed by atoms with Crippen LogP contribution in [0, 0.1) is 0 Å². The third-order valence-corrected chi connectivity index (χ3v) is 3.13. The number of hydrogen-bond acceptors (Lipinski definition) is 4. The van der Waals surface area contributed by atoms with Crippen molar-refractivity contribution in [3.8, 4) is 0 Å². The van der Waals surface area contributed by atoms with Gasteiger partial charge in [-0.25, -0.2) is 4.98 Å². The highest BCUT2D eigenvalue weighted by atomic mass is 15.3. The van der Waals surface area contributed by atoms with Gasteiger partial charge < -0.3 is 15.1 Å². The number of rotatable bonds is 3. The molecule has 0 saturated carbocycles. The average Bonchev–Trinajstić information content (AvgIpc) is 2.39. The van der Waals surface area contributed by atoms with E-state index in [-0.39, 0.29) is 0 Å². The van der Waals surface area contributed by atoms with Gasteiger partial charge in [0.25, 0.3) is 0 Å². The van der Waals surface area contributed by atoms with Crippen LogP contribution in [-0.4, -0.2) is 49.7 Å². The Balaban J connectivity index is 2.02. The molecule has 4 nitrogen and oxygen atoms in total. The average molecular weight is 220 g/mol. The van der Waals surface area contributed by atoms with Crippen molar-refractivity contribution >= 4 is 11.6 Å². The van der Waals surface area contributed by atoms with E-state index < -0.39 is 0 Å². The van der Waals surface area contributed by atoms with Crippen molar-refractivity contribution < 1.29 is 0 Å². The maximum atomic E-state index is 4.56. The molecule has 1 aliphatic heterocycles. The summed E-state index contributed by atoms with van der Waals surface area (Å²) in [6.45, 7) is 7.80. The molecular formula is C12H20N4. The first kappa shape index (κ1) is 11.2. The van der Waals surface area contributed by atoms with Crippen LogP contribution >= 0.6 is 0 Å². The maximum absolute atomic E-state index is 4.56. The molecule has 4 heteroatoms. The number of anilines is 2. The van der Waals surface area contributed by atoms with Gasteiger partial charge >= 0.3 is 0 Å². The van der Waals surface area contributed by atoms with Gasteiger partial charge in [-0.2, -0.15) is 0 Å². The zero-order valence-electron chi connectivity index (χ0n) is 10.1. The lowest BCUT2D eigenvalue weighted by Crippen LogP contribution is -2.46. The van der Waals surface area contributed by atoms with Crippen molar-refractivity contribution in [1.82, 2.24) is 9.88 Å². The van der Waals surface area contributed by atoms with Gasteiger partial charge in [-0.15, -0.1) is 0 Å². The van der Waals surface area contributed by atoms with Crippen LogP contribution in [0.2, 0.25) is 0 Å². The van der Waals surface area contributed by atoms with E-state index in [1.54, 1.807) is 0 Å². The zero-order valence-corrected chi connectivity index (χ0v) is 10.1. The Labute approximate surface area is 97.3 Å². The molecule has 1 aromatic heterocycles. The first-order chi connectivity index (χ1) is 7.83. The molecule has 0 radical (unpaired) electrons. The summed E-state index contributed by atoms with van der Waals surface area (Å²) in [5, 5.41) is 3.08. The third-order valence-electron chi connectivity index (χ3n) is 3.13. The molecule has 2 rings (SSSR count). The van der Waals surface area contributed by atoms with Gasteiger partial charge in [0.1, 0.15) is 11.6 Å². The fourth-order valence-corrected chi connectivity index (χ4v) is 2.03.